The van der Waals surface area contributed by atoms with Crippen LogP contribution in [-0.4, -0.2) is 59.3 Å². The van der Waals surface area contributed by atoms with Crippen LogP contribution in [0.5, 0.6) is 0 Å². The van der Waals surface area contributed by atoms with Gasteiger partial charge in [0.25, 0.3) is 5.91 Å². The molecule has 0 saturated carbocycles. The molecule has 1 aliphatic rings. The van der Waals surface area contributed by atoms with Crippen LogP contribution in [0.3, 0.4) is 0 Å². The SMILES string of the molecule is CCN(CC)C1=NC(=O)C(CC(=O)Nc2cccc(C(=O)OCc3occc3C(=O)OC)c2)S1. The van der Waals surface area contributed by atoms with Crippen LogP contribution in [0, 0.1) is 0 Å². The number of hydrogen-bond acceptors (Lipinski definition) is 9. The summed E-state index contributed by atoms with van der Waals surface area (Å²) in [7, 11) is 1.24. The van der Waals surface area contributed by atoms with Crippen molar-refractivity contribution in [2.75, 3.05) is 25.5 Å². The van der Waals surface area contributed by atoms with Gasteiger partial charge < -0.3 is 24.1 Å². The number of amides is 2. The number of rotatable bonds is 9. The Balaban J connectivity index is 1.56. The maximum absolute atomic E-state index is 12.5. The molecule has 180 valence electrons. The number of aliphatic imine (C=N–C) groups is 1. The van der Waals surface area contributed by atoms with E-state index in [-0.39, 0.29) is 41.7 Å². The number of hydrogen-bond donors (Lipinski definition) is 1. The average Bonchev–Trinajstić information content (AvgIpc) is 3.44. The first-order valence-electron chi connectivity index (χ1n) is 10.6. The van der Waals surface area contributed by atoms with E-state index in [1.54, 1.807) is 12.1 Å². The Morgan fingerprint density at radius 2 is 1.94 bits per heavy atom. The highest BCUT2D eigenvalue weighted by Gasteiger charge is 2.32. The predicted octanol–water partition coefficient (Wildman–Crippen LogP) is 3.09. The highest BCUT2D eigenvalue weighted by Crippen LogP contribution is 2.27. The van der Waals surface area contributed by atoms with Crippen LogP contribution in [0.1, 0.15) is 46.7 Å². The minimum Gasteiger partial charge on any atom is -0.465 e. The van der Waals surface area contributed by atoms with Crippen LogP contribution in [0.2, 0.25) is 0 Å². The molecule has 11 heteroatoms. The number of furan rings is 1. The van der Waals surface area contributed by atoms with Gasteiger partial charge in [0.15, 0.2) is 17.5 Å². The van der Waals surface area contributed by atoms with Crippen LogP contribution in [0.15, 0.2) is 46.0 Å². The third-order valence-corrected chi connectivity index (χ3v) is 6.21. The maximum atomic E-state index is 12.5. The molecule has 1 aliphatic heterocycles. The molecule has 1 aromatic carbocycles. The lowest BCUT2D eigenvalue weighted by Gasteiger charge is -2.19. The zero-order valence-corrected chi connectivity index (χ0v) is 19.8. The Hall–Kier alpha value is -3.60. The molecule has 1 N–H and O–H groups in total. The summed E-state index contributed by atoms with van der Waals surface area (Å²) in [5, 5.41) is 2.75. The van der Waals surface area contributed by atoms with Crippen molar-refractivity contribution >= 4 is 46.4 Å². The molecule has 0 spiro atoms. The van der Waals surface area contributed by atoms with E-state index in [0.29, 0.717) is 10.9 Å². The van der Waals surface area contributed by atoms with Crippen LogP contribution < -0.4 is 5.32 Å². The van der Waals surface area contributed by atoms with Gasteiger partial charge in [-0.3, -0.25) is 9.59 Å². The molecule has 0 fully saturated rings. The summed E-state index contributed by atoms with van der Waals surface area (Å²) in [5.74, 6) is -1.80. The van der Waals surface area contributed by atoms with Gasteiger partial charge in [-0.2, -0.15) is 4.99 Å². The Bertz CT molecular complexity index is 1110. The first kappa shape index (κ1) is 25.0. The molecule has 0 saturated heterocycles. The minimum atomic E-state index is -0.665. The summed E-state index contributed by atoms with van der Waals surface area (Å²) in [6, 6.07) is 7.63. The normalized spacial score (nSPS) is 15.0. The fraction of sp³-hybridized carbons (Fsp3) is 0.348. The van der Waals surface area contributed by atoms with E-state index < -0.39 is 17.2 Å². The molecule has 0 radical (unpaired) electrons. The second kappa shape index (κ2) is 11.5. The summed E-state index contributed by atoms with van der Waals surface area (Å²) >= 11 is 1.28. The quantitative estimate of drug-likeness (QED) is 0.531. The molecule has 1 aromatic heterocycles. The fourth-order valence-corrected chi connectivity index (χ4v) is 4.39. The third-order valence-electron chi connectivity index (χ3n) is 5.00. The van der Waals surface area contributed by atoms with Gasteiger partial charge in [-0.15, -0.1) is 0 Å². The number of carbonyl (C=O) groups excluding carboxylic acids is 4. The lowest BCUT2D eigenvalue weighted by molar-refractivity contribution is -0.121. The summed E-state index contributed by atoms with van der Waals surface area (Å²) in [4.78, 5) is 54.9. The Labute approximate surface area is 200 Å². The highest BCUT2D eigenvalue weighted by molar-refractivity contribution is 8.15. The summed E-state index contributed by atoms with van der Waals surface area (Å²) in [6.45, 7) is 5.13. The number of benzene rings is 1. The second-order valence-corrected chi connectivity index (χ2v) is 8.34. The van der Waals surface area contributed by atoms with E-state index in [2.05, 4.69) is 15.0 Å². The van der Waals surface area contributed by atoms with Crippen molar-refractivity contribution in [3.63, 3.8) is 0 Å². The van der Waals surface area contributed by atoms with Crippen molar-refractivity contribution in [2.24, 2.45) is 4.99 Å². The van der Waals surface area contributed by atoms with E-state index in [1.807, 2.05) is 18.7 Å². The molecule has 1 atom stereocenters. The van der Waals surface area contributed by atoms with E-state index in [9.17, 15) is 19.2 Å². The van der Waals surface area contributed by atoms with Crippen molar-refractivity contribution in [1.29, 1.82) is 0 Å². The number of carbonyl (C=O) groups is 4. The van der Waals surface area contributed by atoms with Crippen LogP contribution in [0.25, 0.3) is 0 Å². The van der Waals surface area contributed by atoms with Gasteiger partial charge in [-0.1, -0.05) is 17.8 Å². The topological polar surface area (TPSA) is 128 Å². The number of esters is 2. The van der Waals surface area contributed by atoms with Gasteiger partial charge in [0, 0.05) is 25.2 Å². The summed E-state index contributed by atoms with van der Waals surface area (Å²) < 4.78 is 15.1. The average molecular weight is 488 g/mol. The van der Waals surface area contributed by atoms with Gasteiger partial charge in [0.05, 0.1) is 18.9 Å². The molecular weight excluding hydrogens is 462 g/mol. The van der Waals surface area contributed by atoms with E-state index >= 15 is 0 Å². The Morgan fingerprint density at radius 3 is 2.65 bits per heavy atom. The molecule has 1 unspecified atom stereocenters. The Morgan fingerprint density at radius 1 is 1.18 bits per heavy atom. The van der Waals surface area contributed by atoms with Gasteiger partial charge in [-0.05, 0) is 38.1 Å². The molecule has 2 amide bonds. The fourth-order valence-electron chi connectivity index (χ4n) is 3.20. The largest absolute Gasteiger partial charge is 0.465 e. The monoisotopic (exact) mass is 487 g/mol. The van der Waals surface area contributed by atoms with Gasteiger partial charge in [0.1, 0.15) is 10.8 Å². The molecule has 0 aliphatic carbocycles. The molecule has 0 bridgehead atoms. The predicted molar refractivity (Wildman–Crippen MR) is 126 cm³/mol. The minimum absolute atomic E-state index is 0.0404. The number of anilines is 1. The molecular formula is C23H25N3O7S. The number of ether oxygens (including phenoxy) is 2. The molecule has 2 heterocycles. The van der Waals surface area contributed by atoms with Crippen molar-refractivity contribution in [2.45, 2.75) is 32.1 Å². The van der Waals surface area contributed by atoms with Crippen LogP contribution in [0.4, 0.5) is 5.69 Å². The Kier molecular flexibility index (Phi) is 8.47. The van der Waals surface area contributed by atoms with E-state index in [0.717, 1.165) is 13.1 Å². The number of nitrogens with one attached hydrogen (secondary N) is 1. The summed E-state index contributed by atoms with van der Waals surface area (Å²) in [5.41, 5.74) is 0.749. The third kappa shape index (κ3) is 6.04. The van der Waals surface area contributed by atoms with Crippen molar-refractivity contribution in [3.05, 3.63) is 53.5 Å². The van der Waals surface area contributed by atoms with Gasteiger partial charge >= 0.3 is 11.9 Å². The van der Waals surface area contributed by atoms with Crippen molar-refractivity contribution < 1.29 is 33.1 Å². The van der Waals surface area contributed by atoms with Gasteiger partial charge in [-0.25, -0.2) is 9.59 Å². The number of thioether (sulfide) groups is 1. The zero-order valence-electron chi connectivity index (χ0n) is 19.0. The van der Waals surface area contributed by atoms with Gasteiger partial charge in [0.2, 0.25) is 5.91 Å². The lowest BCUT2D eigenvalue weighted by atomic mass is 10.2. The number of methoxy groups -OCH3 is 1. The van der Waals surface area contributed by atoms with E-state index in [1.165, 1.54) is 43.3 Å². The highest BCUT2D eigenvalue weighted by atomic mass is 32.2. The first-order valence-corrected chi connectivity index (χ1v) is 11.5. The molecule has 34 heavy (non-hydrogen) atoms. The number of amidine groups is 1. The van der Waals surface area contributed by atoms with E-state index in [4.69, 9.17) is 9.15 Å². The standard InChI is InChI=1S/C23H25N3O7S/c1-4-26(5-2)23-25-20(28)18(34-23)12-19(27)24-15-8-6-7-14(11-15)21(29)33-13-17-16(9-10-32-17)22(30)31-3/h6-11,18H,4-5,12-13H2,1-3H3,(H,24,27). The van der Waals surface area contributed by atoms with Crippen molar-refractivity contribution in [3.8, 4) is 0 Å². The molecule has 10 nitrogen and oxygen atoms in total. The van der Waals surface area contributed by atoms with Crippen LogP contribution >= 0.6 is 11.8 Å². The molecule has 2 aromatic rings. The maximum Gasteiger partial charge on any atom is 0.341 e. The summed E-state index contributed by atoms with van der Waals surface area (Å²) in [6.07, 6.45) is 1.26. The zero-order chi connectivity index (χ0) is 24.7. The van der Waals surface area contributed by atoms with Crippen molar-refractivity contribution in [1.82, 2.24) is 4.90 Å². The second-order valence-electron chi connectivity index (χ2n) is 7.17. The van der Waals surface area contributed by atoms with Crippen LogP contribution in [-0.2, 0) is 25.7 Å². The smallest absolute Gasteiger partial charge is 0.341 e. The first-order chi connectivity index (χ1) is 16.4. The number of nitrogens with zero attached hydrogens (tertiary/aromatic N) is 2. The molecule has 3 rings (SSSR count). The lowest BCUT2D eigenvalue weighted by Crippen LogP contribution is -2.27.